The van der Waals surface area contributed by atoms with E-state index in [9.17, 15) is 9.59 Å². The Morgan fingerprint density at radius 1 is 1.00 bits per heavy atom. The Morgan fingerprint density at radius 3 is 2.36 bits per heavy atom. The summed E-state index contributed by atoms with van der Waals surface area (Å²) in [6.07, 6.45) is 3.67. The molecule has 0 aliphatic carbocycles. The molecule has 4 rings (SSSR count). The molecular formula is C22H29NO5. The lowest BCUT2D eigenvalue weighted by Crippen LogP contribution is -2.60. The largest absolute Gasteiger partial charge is 0.445 e. The number of piperidine rings is 1. The number of nitrogens with zero attached hydrogens (tertiary/aromatic N) is 1. The number of fused-ring (bicyclic) bond motifs is 2. The van der Waals surface area contributed by atoms with Crippen LogP contribution in [-0.4, -0.2) is 55.3 Å². The van der Waals surface area contributed by atoms with Crippen LogP contribution >= 0.6 is 0 Å². The van der Waals surface area contributed by atoms with Gasteiger partial charge in [0.05, 0.1) is 25.3 Å². The Bertz CT molecular complexity index is 659. The zero-order chi connectivity index (χ0) is 19.3. The van der Waals surface area contributed by atoms with Gasteiger partial charge in [0, 0.05) is 25.6 Å². The summed E-state index contributed by atoms with van der Waals surface area (Å²) >= 11 is 0. The maximum Gasteiger partial charge on any atom is 0.410 e. The average molecular weight is 387 g/mol. The van der Waals surface area contributed by atoms with Gasteiger partial charge in [-0.25, -0.2) is 4.79 Å². The minimum atomic E-state index is -0.294. The maximum absolute atomic E-state index is 12.9. The van der Waals surface area contributed by atoms with E-state index < -0.39 is 0 Å². The lowest BCUT2D eigenvalue weighted by atomic mass is 9.79. The number of carbonyl (C=O) groups excluding carboxylic acids is 2. The molecule has 3 aliphatic heterocycles. The number of carbonyl (C=O) groups is 2. The van der Waals surface area contributed by atoms with Crippen molar-refractivity contribution in [1.82, 2.24) is 4.90 Å². The first-order valence-electron chi connectivity index (χ1n) is 10.4. The predicted octanol–water partition coefficient (Wildman–Crippen LogP) is 3.19. The van der Waals surface area contributed by atoms with Crippen molar-refractivity contribution in [1.29, 1.82) is 0 Å². The van der Waals surface area contributed by atoms with E-state index in [0.717, 1.165) is 31.6 Å². The van der Waals surface area contributed by atoms with Crippen molar-refractivity contribution in [3.8, 4) is 0 Å². The molecule has 2 atom stereocenters. The number of amides is 1. The highest BCUT2D eigenvalue weighted by Gasteiger charge is 2.44. The lowest BCUT2D eigenvalue weighted by Gasteiger charge is -2.47. The normalized spacial score (nSPS) is 28.0. The van der Waals surface area contributed by atoms with Crippen molar-refractivity contribution >= 4 is 11.9 Å². The highest BCUT2D eigenvalue weighted by molar-refractivity contribution is 5.82. The van der Waals surface area contributed by atoms with Crippen LogP contribution in [0.25, 0.3) is 0 Å². The van der Waals surface area contributed by atoms with E-state index >= 15 is 0 Å². The second kappa shape index (κ2) is 9.05. The van der Waals surface area contributed by atoms with E-state index in [4.69, 9.17) is 14.2 Å². The quantitative estimate of drug-likeness (QED) is 0.776. The second-order valence-electron chi connectivity index (χ2n) is 8.19. The van der Waals surface area contributed by atoms with Gasteiger partial charge in [0.15, 0.2) is 0 Å². The van der Waals surface area contributed by atoms with Crippen LogP contribution in [0.3, 0.4) is 0 Å². The maximum atomic E-state index is 12.9. The van der Waals surface area contributed by atoms with Crippen LogP contribution in [-0.2, 0) is 25.6 Å². The monoisotopic (exact) mass is 387 g/mol. The third-order valence-electron chi connectivity index (χ3n) is 6.22. The Kier molecular flexibility index (Phi) is 6.27. The van der Waals surface area contributed by atoms with Gasteiger partial charge in [-0.2, -0.15) is 0 Å². The third kappa shape index (κ3) is 4.55. The van der Waals surface area contributed by atoms with Crippen LogP contribution in [0.2, 0.25) is 0 Å². The van der Waals surface area contributed by atoms with Crippen LogP contribution in [0, 0.1) is 11.8 Å². The number of rotatable bonds is 5. The van der Waals surface area contributed by atoms with Crippen molar-refractivity contribution < 1.29 is 23.8 Å². The molecule has 3 saturated heterocycles. The van der Waals surface area contributed by atoms with Crippen LogP contribution in [0.15, 0.2) is 30.3 Å². The topological polar surface area (TPSA) is 65.1 Å². The predicted molar refractivity (Wildman–Crippen MR) is 103 cm³/mol. The van der Waals surface area contributed by atoms with Gasteiger partial charge in [-0.15, -0.1) is 0 Å². The van der Waals surface area contributed by atoms with Gasteiger partial charge in [0.2, 0.25) is 0 Å². The lowest BCUT2D eigenvalue weighted by molar-refractivity contribution is -0.132. The van der Waals surface area contributed by atoms with Crippen molar-refractivity contribution in [3.63, 3.8) is 0 Å². The van der Waals surface area contributed by atoms with E-state index in [2.05, 4.69) is 0 Å². The Labute approximate surface area is 166 Å². The fourth-order valence-corrected chi connectivity index (χ4v) is 4.67. The Morgan fingerprint density at radius 2 is 1.68 bits per heavy atom. The van der Waals surface area contributed by atoms with Gasteiger partial charge < -0.3 is 14.2 Å². The highest BCUT2D eigenvalue weighted by atomic mass is 16.6. The molecule has 2 bridgehead atoms. The SMILES string of the molecule is O=C(CC1CCOCC1)C1CC2COCC(C1)N2C(=O)OCc1ccccc1. The molecule has 28 heavy (non-hydrogen) atoms. The van der Waals surface area contributed by atoms with Crippen molar-refractivity contribution in [2.45, 2.75) is 50.8 Å². The van der Waals surface area contributed by atoms with Crippen molar-refractivity contribution in [2.75, 3.05) is 26.4 Å². The van der Waals surface area contributed by atoms with Gasteiger partial charge in [-0.1, -0.05) is 30.3 Å². The molecule has 2 unspecified atom stereocenters. The fourth-order valence-electron chi connectivity index (χ4n) is 4.67. The minimum absolute atomic E-state index is 0.0277. The summed E-state index contributed by atoms with van der Waals surface area (Å²) in [4.78, 5) is 27.4. The van der Waals surface area contributed by atoms with Gasteiger partial charge in [0.1, 0.15) is 12.4 Å². The molecular weight excluding hydrogens is 358 g/mol. The molecule has 1 aromatic carbocycles. The summed E-state index contributed by atoms with van der Waals surface area (Å²) in [5.74, 6) is 0.826. The van der Waals surface area contributed by atoms with Crippen LogP contribution in [0.4, 0.5) is 4.79 Å². The van der Waals surface area contributed by atoms with E-state index in [-0.39, 0.29) is 30.7 Å². The summed E-state index contributed by atoms with van der Waals surface area (Å²) in [5, 5.41) is 0. The number of ketones is 1. The number of Topliss-reactive ketones (excluding diaryl/α,β-unsaturated/α-hetero) is 1. The number of hydrogen-bond acceptors (Lipinski definition) is 5. The van der Waals surface area contributed by atoms with E-state index in [1.807, 2.05) is 35.2 Å². The Hall–Kier alpha value is -1.92. The van der Waals surface area contributed by atoms with Gasteiger partial charge in [-0.3, -0.25) is 9.69 Å². The molecule has 6 heteroatoms. The molecule has 0 N–H and O–H groups in total. The van der Waals surface area contributed by atoms with Gasteiger partial charge in [0.25, 0.3) is 0 Å². The first kappa shape index (κ1) is 19.4. The zero-order valence-electron chi connectivity index (χ0n) is 16.3. The molecule has 152 valence electrons. The van der Waals surface area contributed by atoms with Gasteiger partial charge >= 0.3 is 6.09 Å². The molecule has 1 amide bonds. The first-order valence-corrected chi connectivity index (χ1v) is 10.4. The minimum Gasteiger partial charge on any atom is -0.445 e. The summed E-state index contributed by atoms with van der Waals surface area (Å²) in [5.41, 5.74) is 0.971. The van der Waals surface area contributed by atoms with E-state index in [1.54, 1.807) is 0 Å². The number of morpholine rings is 1. The number of benzene rings is 1. The molecule has 1 aromatic rings. The molecule has 0 aromatic heterocycles. The van der Waals surface area contributed by atoms with E-state index in [1.165, 1.54) is 0 Å². The molecule has 0 radical (unpaired) electrons. The number of hydrogen-bond donors (Lipinski definition) is 0. The van der Waals surface area contributed by atoms with Crippen molar-refractivity contribution in [3.05, 3.63) is 35.9 Å². The highest BCUT2D eigenvalue weighted by Crippen LogP contribution is 2.34. The molecule has 0 saturated carbocycles. The molecule has 3 fully saturated rings. The molecule has 3 aliphatic rings. The molecule has 6 nitrogen and oxygen atoms in total. The molecule has 0 spiro atoms. The number of ether oxygens (including phenoxy) is 3. The Balaban J connectivity index is 1.33. The average Bonchev–Trinajstić information content (AvgIpc) is 2.72. The smallest absolute Gasteiger partial charge is 0.410 e. The standard InChI is InChI=1S/C22H29NO5/c24-21(10-16-6-8-26-9-7-16)18-11-19-14-27-15-20(12-18)23(19)22(25)28-13-17-4-2-1-3-5-17/h1-5,16,18-20H,6-15H2. The third-order valence-corrected chi connectivity index (χ3v) is 6.22. The van der Waals surface area contributed by atoms with Crippen molar-refractivity contribution in [2.24, 2.45) is 11.8 Å². The summed E-state index contributed by atoms with van der Waals surface area (Å²) in [7, 11) is 0. The van der Waals surface area contributed by atoms with E-state index in [0.29, 0.717) is 44.2 Å². The molecule has 3 heterocycles. The second-order valence-corrected chi connectivity index (χ2v) is 8.19. The zero-order valence-corrected chi connectivity index (χ0v) is 16.3. The van der Waals surface area contributed by atoms with Crippen LogP contribution in [0.5, 0.6) is 0 Å². The summed E-state index contributed by atoms with van der Waals surface area (Å²) in [6, 6.07) is 9.55. The summed E-state index contributed by atoms with van der Waals surface area (Å²) < 4.78 is 16.6. The first-order chi connectivity index (χ1) is 13.7. The fraction of sp³-hybridized carbons (Fsp3) is 0.636. The van der Waals surface area contributed by atoms with Gasteiger partial charge in [-0.05, 0) is 37.2 Å². The van der Waals surface area contributed by atoms with Crippen LogP contribution in [0.1, 0.15) is 37.7 Å². The summed E-state index contributed by atoms with van der Waals surface area (Å²) in [6.45, 7) is 2.77. The van der Waals surface area contributed by atoms with Crippen LogP contribution < -0.4 is 0 Å².